The van der Waals surface area contributed by atoms with Gasteiger partial charge in [0.05, 0.1) is 0 Å². The van der Waals surface area contributed by atoms with Crippen molar-refractivity contribution in [3.8, 4) is 0 Å². The molecule has 1 rings (SSSR count). The number of unbranched alkanes of at least 4 members (excludes halogenated alkanes) is 3. The third kappa shape index (κ3) is 4.17. The number of carbonyl (C=O) groups is 2. The smallest absolute Gasteiger partial charge is 0.352 e. The summed E-state index contributed by atoms with van der Waals surface area (Å²) in [4.78, 5) is 22.8. The maximum Gasteiger partial charge on any atom is 0.352 e. The summed E-state index contributed by atoms with van der Waals surface area (Å²) in [7, 11) is 0. The predicted octanol–water partition coefficient (Wildman–Crippen LogP) is 2.70. The molecule has 18 heavy (non-hydrogen) atoms. The van der Waals surface area contributed by atoms with Crippen molar-refractivity contribution in [1.29, 1.82) is 0 Å². The van der Waals surface area contributed by atoms with Gasteiger partial charge in [-0.05, 0) is 24.7 Å². The summed E-state index contributed by atoms with van der Waals surface area (Å²) in [5.41, 5.74) is 0.0504. The third-order valence-corrected chi connectivity index (χ3v) is 3.47. The van der Waals surface area contributed by atoms with Crippen molar-refractivity contribution in [2.24, 2.45) is 11.3 Å². The largest absolute Gasteiger partial charge is 0.477 e. The van der Waals surface area contributed by atoms with Crippen molar-refractivity contribution in [1.82, 2.24) is 5.32 Å². The molecule has 0 saturated heterocycles. The second kappa shape index (κ2) is 6.03. The van der Waals surface area contributed by atoms with Crippen LogP contribution in [0.25, 0.3) is 0 Å². The Balaban J connectivity index is 2.48. The van der Waals surface area contributed by atoms with Gasteiger partial charge in [0.15, 0.2) is 0 Å². The first-order chi connectivity index (χ1) is 8.38. The summed E-state index contributed by atoms with van der Waals surface area (Å²) in [5.74, 6) is -1.27. The second-order valence-corrected chi connectivity index (χ2v) is 5.65. The first-order valence-electron chi connectivity index (χ1n) is 6.63. The van der Waals surface area contributed by atoms with Crippen molar-refractivity contribution in [3.63, 3.8) is 0 Å². The highest BCUT2D eigenvalue weighted by atomic mass is 16.4. The second-order valence-electron chi connectivity index (χ2n) is 5.65. The molecule has 0 aromatic heterocycles. The van der Waals surface area contributed by atoms with Crippen LogP contribution < -0.4 is 5.32 Å². The van der Waals surface area contributed by atoms with E-state index in [0.717, 1.165) is 25.7 Å². The minimum atomic E-state index is -1.06. The number of hydrogen-bond acceptors (Lipinski definition) is 2. The molecule has 4 nitrogen and oxygen atoms in total. The fraction of sp³-hybridized carbons (Fsp3) is 0.714. The average molecular weight is 253 g/mol. The Labute approximate surface area is 108 Å². The molecule has 102 valence electrons. The van der Waals surface area contributed by atoms with Crippen LogP contribution in [0.3, 0.4) is 0 Å². The van der Waals surface area contributed by atoms with Gasteiger partial charge in [0, 0.05) is 5.92 Å². The van der Waals surface area contributed by atoms with Gasteiger partial charge in [0.2, 0.25) is 5.91 Å². The molecule has 0 aromatic rings. The quantitative estimate of drug-likeness (QED) is 0.541. The van der Waals surface area contributed by atoms with Gasteiger partial charge in [-0.15, -0.1) is 0 Å². The van der Waals surface area contributed by atoms with Crippen LogP contribution in [-0.4, -0.2) is 17.0 Å². The van der Waals surface area contributed by atoms with E-state index in [9.17, 15) is 9.59 Å². The molecule has 0 radical (unpaired) electrons. The van der Waals surface area contributed by atoms with E-state index >= 15 is 0 Å². The number of amides is 1. The van der Waals surface area contributed by atoms with Crippen LogP contribution in [0.4, 0.5) is 0 Å². The first kappa shape index (κ1) is 14.7. The lowest BCUT2D eigenvalue weighted by molar-refractivity contribution is -0.135. The van der Waals surface area contributed by atoms with Gasteiger partial charge < -0.3 is 10.4 Å². The highest BCUT2D eigenvalue weighted by molar-refractivity contribution is 5.94. The number of allylic oxidation sites excluding steroid dienone is 1. The Bertz CT molecular complexity index is 358. The van der Waals surface area contributed by atoms with Crippen LogP contribution in [0.5, 0.6) is 0 Å². The summed E-state index contributed by atoms with van der Waals surface area (Å²) in [5, 5.41) is 11.6. The van der Waals surface area contributed by atoms with Crippen LogP contribution in [0.2, 0.25) is 0 Å². The van der Waals surface area contributed by atoms with Gasteiger partial charge in [0.25, 0.3) is 0 Å². The molecule has 1 saturated carbocycles. The Kier molecular flexibility index (Phi) is 4.93. The Morgan fingerprint density at radius 1 is 1.39 bits per heavy atom. The summed E-state index contributed by atoms with van der Waals surface area (Å²) >= 11 is 0. The zero-order valence-electron chi connectivity index (χ0n) is 11.5. The number of nitrogens with one attached hydrogen (secondary N) is 1. The number of carboxylic acid groups (broad SMARTS) is 1. The van der Waals surface area contributed by atoms with Crippen LogP contribution in [0.15, 0.2) is 11.8 Å². The SMILES string of the molecule is CCCCC/C=C(\NC(=O)[C@@H]1CC1(C)C)C(=O)O. The van der Waals surface area contributed by atoms with Crippen LogP contribution in [-0.2, 0) is 9.59 Å². The van der Waals surface area contributed by atoms with Crippen LogP contribution >= 0.6 is 0 Å². The number of carboxylic acids is 1. The van der Waals surface area contributed by atoms with E-state index < -0.39 is 5.97 Å². The fourth-order valence-electron chi connectivity index (χ4n) is 1.97. The topological polar surface area (TPSA) is 66.4 Å². The predicted molar refractivity (Wildman–Crippen MR) is 69.9 cm³/mol. The molecule has 2 N–H and O–H groups in total. The lowest BCUT2D eigenvalue weighted by Gasteiger charge is -2.07. The van der Waals surface area contributed by atoms with Crippen molar-refractivity contribution in [3.05, 3.63) is 11.8 Å². The maximum absolute atomic E-state index is 11.8. The van der Waals surface area contributed by atoms with Crippen molar-refractivity contribution < 1.29 is 14.7 Å². The Morgan fingerprint density at radius 3 is 2.44 bits per heavy atom. The van der Waals surface area contributed by atoms with Crippen molar-refractivity contribution in [2.75, 3.05) is 0 Å². The highest BCUT2D eigenvalue weighted by Gasteiger charge is 2.50. The molecule has 1 atom stereocenters. The van der Waals surface area contributed by atoms with Crippen molar-refractivity contribution >= 4 is 11.9 Å². The highest BCUT2D eigenvalue weighted by Crippen LogP contribution is 2.51. The van der Waals surface area contributed by atoms with E-state index in [1.165, 1.54) is 0 Å². The fourth-order valence-corrected chi connectivity index (χ4v) is 1.97. The van der Waals surface area contributed by atoms with Gasteiger partial charge in [-0.3, -0.25) is 4.79 Å². The number of hydrogen-bond donors (Lipinski definition) is 2. The molecule has 0 aromatic carbocycles. The lowest BCUT2D eigenvalue weighted by atomic mass is 10.1. The number of rotatable bonds is 7. The number of aliphatic carboxylic acids is 1. The maximum atomic E-state index is 11.8. The van der Waals surface area contributed by atoms with E-state index in [0.29, 0.717) is 6.42 Å². The van der Waals surface area contributed by atoms with Gasteiger partial charge in [0.1, 0.15) is 5.70 Å². The van der Waals surface area contributed by atoms with Gasteiger partial charge in [-0.1, -0.05) is 39.7 Å². The molecule has 0 bridgehead atoms. The zero-order chi connectivity index (χ0) is 13.8. The lowest BCUT2D eigenvalue weighted by Crippen LogP contribution is -2.29. The van der Waals surface area contributed by atoms with Gasteiger partial charge in [-0.2, -0.15) is 0 Å². The van der Waals surface area contributed by atoms with Gasteiger partial charge >= 0.3 is 5.97 Å². The Hall–Kier alpha value is -1.32. The minimum Gasteiger partial charge on any atom is -0.477 e. The van der Waals surface area contributed by atoms with Gasteiger partial charge in [-0.25, -0.2) is 4.79 Å². The molecule has 1 aliphatic carbocycles. The molecule has 0 unspecified atom stereocenters. The summed E-state index contributed by atoms with van der Waals surface area (Å²) in [6, 6.07) is 0. The van der Waals surface area contributed by atoms with E-state index in [-0.39, 0.29) is 22.9 Å². The van der Waals surface area contributed by atoms with Crippen molar-refractivity contribution in [2.45, 2.75) is 52.9 Å². The van der Waals surface area contributed by atoms with Crippen LogP contribution in [0, 0.1) is 11.3 Å². The molecule has 4 heteroatoms. The zero-order valence-corrected chi connectivity index (χ0v) is 11.5. The summed E-state index contributed by atoms with van der Waals surface area (Å²) in [6.07, 6.45) is 6.28. The van der Waals surface area contributed by atoms with E-state index in [1.54, 1.807) is 6.08 Å². The molecule has 1 amide bonds. The van der Waals surface area contributed by atoms with E-state index in [1.807, 2.05) is 13.8 Å². The average Bonchev–Trinajstić information content (AvgIpc) is 2.92. The standard InChI is InChI=1S/C14H23NO3/c1-4-5-6-7-8-11(13(17)18)15-12(16)10-9-14(10,2)3/h8,10H,4-7,9H2,1-3H3,(H,15,16)(H,17,18)/b11-8-/t10-/m0/s1. The molecule has 1 fully saturated rings. The normalized spacial score (nSPS) is 21.5. The van der Waals surface area contributed by atoms with E-state index in [2.05, 4.69) is 12.2 Å². The third-order valence-electron chi connectivity index (χ3n) is 3.47. The monoisotopic (exact) mass is 253 g/mol. The first-order valence-corrected chi connectivity index (χ1v) is 6.63. The molecular weight excluding hydrogens is 230 g/mol. The minimum absolute atomic E-state index is 0.0237. The number of carbonyl (C=O) groups excluding carboxylic acids is 1. The molecule has 0 heterocycles. The summed E-state index contributed by atoms with van der Waals surface area (Å²) in [6.45, 7) is 6.13. The van der Waals surface area contributed by atoms with Crippen LogP contribution in [0.1, 0.15) is 52.9 Å². The molecule has 0 aliphatic heterocycles. The Morgan fingerprint density at radius 2 is 2.00 bits per heavy atom. The molecule has 1 aliphatic rings. The molecular formula is C14H23NO3. The molecule has 0 spiro atoms. The summed E-state index contributed by atoms with van der Waals surface area (Å²) < 4.78 is 0. The van der Waals surface area contributed by atoms with E-state index in [4.69, 9.17) is 5.11 Å².